The van der Waals surface area contributed by atoms with Gasteiger partial charge in [0, 0.05) is 30.9 Å². The number of aryl methyl sites for hydroxylation is 1. The van der Waals surface area contributed by atoms with Crippen LogP contribution in [-0.2, 0) is 11.2 Å². The van der Waals surface area contributed by atoms with Crippen LogP contribution in [0.5, 0.6) is 0 Å². The highest BCUT2D eigenvalue weighted by Gasteiger charge is 2.11. The van der Waals surface area contributed by atoms with Crippen LogP contribution in [0.25, 0.3) is 0 Å². The minimum absolute atomic E-state index is 0.669. The Balaban J connectivity index is 0. The minimum atomic E-state index is 0.669. The Morgan fingerprint density at radius 1 is 1.11 bits per heavy atom. The van der Waals surface area contributed by atoms with E-state index < -0.39 is 0 Å². The molecule has 0 unspecified atom stereocenters. The molecule has 18 heavy (non-hydrogen) atoms. The molecule has 0 saturated heterocycles. The molecular weight excluding hydrogens is 250 g/mol. The molecule has 4 heteroatoms. The zero-order chi connectivity index (χ0) is 14.4. The molecule has 1 aromatic rings. The fourth-order valence-electron chi connectivity index (χ4n) is 1.25. The third-order valence-corrected chi connectivity index (χ3v) is 2.16. The van der Waals surface area contributed by atoms with E-state index in [1.54, 1.807) is 25.1 Å². The molecule has 1 aromatic heterocycles. The summed E-state index contributed by atoms with van der Waals surface area (Å²) in [5, 5.41) is 0.669. The second-order valence-electron chi connectivity index (χ2n) is 2.94. The Hall–Kier alpha value is -0.800. The Bertz CT molecular complexity index is 293. The van der Waals surface area contributed by atoms with Crippen LogP contribution in [0, 0.1) is 0 Å². The summed E-state index contributed by atoms with van der Waals surface area (Å²) < 4.78 is 6.66. The van der Waals surface area contributed by atoms with Crippen LogP contribution in [-0.4, -0.2) is 20.8 Å². The number of aromatic nitrogens is 1. The third kappa shape index (κ3) is 8.31. The van der Waals surface area contributed by atoms with Gasteiger partial charge < -0.3 is 4.74 Å². The average molecular weight is 277 g/mol. The van der Waals surface area contributed by atoms with Gasteiger partial charge in [-0.15, -0.1) is 0 Å². The van der Waals surface area contributed by atoms with Crippen LogP contribution in [0.2, 0.25) is 5.02 Å². The highest BCUT2D eigenvalue weighted by atomic mass is 35.5. The number of halogens is 1. The van der Waals surface area contributed by atoms with Crippen LogP contribution in [0.1, 0.15) is 39.8 Å². The molecule has 106 valence electrons. The molecule has 0 aliphatic rings. The number of pyridine rings is 1. The van der Waals surface area contributed by atoms with Crippen molar-refractivity contribution in [2.75, 3.05) is 20.8 Å². The Labute approximate surface area is 117 Å². The number of methoxy groups -OCH3 is 1. The Kier molecular flexibility index (Phi) is 15.5. The first kappa shape index (κ1) is 19.5. The Morgan fingerprint density at radius 2 is 1.72 bits per heavy atom. The van der Waals surface area contributed by atoms with E-state index >= 15 is 0 Å². The summed E-state index contributed by atoms with van der Waals surface area (Å²) in [5.41, 5.74) is 1.09. The van der Waals surface area contributed by atoms with Crippen LogP contribution < -0.4 is 9.57 Å². The van der Waals surface area contributed by atoms with Crippen molar-refractivity contribution in [3.05, 3.63) is 29.0 Å². The molecule has 0 atom stereocenters. The lowest BCUT2D eigenvalue weighted by Crippen LogP contribution is -2.44. The van der Waals surface area contributed by atoms with Crippen molar-refractivity contribution in [3.8, 4) is 0 Å². The number of ether oxygens (including phenoxy) is 1. The van der Waals surface area contributed by atoms with Gasteiger partial charge >= 0.3 is 0 Å². The monoisotopic (exact) mass is 276 g/mol. The number of hydrogen-bond donors (Lipinski definition) is 0. The maximum absolute atomic E-state index is 5.83. The van der Waals surface area contributed by atoms with Crippen molar-refractivity contribution in [2.45, 2.75) is 40.5 Å². The van der Waals surface area contributed by atoms with E-state index in [0.717, 1.165) is 25.1 Å². The summed E-state index contributed by atoms with van der Waals surface area (Å²) in [6.07, 6.45) is 3.64. The molecule has 0 spiro atoms. The van der Waals surface area contributed by atoms with Gasteiger partial charge in [0.2, 0.25) is 11.9 Å². The van der Waals surface area contributed by atoms with Crippen molar-refractivity contribution >= 4 is 11.6 Å². The smallest absolute Gasteiger partial charge is 0.241 e. The topological polar surface area (TPSA) is 22.3 Å². The molecule has 0 amide bonds. The van der Waals surface area contributed by atoms with Crippen LogP contribution in [0.3, 0.4) is 0 Å². The molecule has 3 nitrogen and oxygen atoms in total. The molecule has 0 radical (unpaired) electrons. The van der Waals surface area contributed by atoms with Crippen molar-refractivity contribution < 1.29 is 14.3 Å². The normalized spacial score (nSPS) is 8.61. The lowest BCUT2D eigenvalue weighted by Gasteiger charge is -2.00. The van der Waals surface area contributed by atoms with Crippen molar-refractivity contribution in [1.82, 2.24) is 0 Å². The predicted molar refractivity (Wildman–Crippen MR) is 77.0 cm³/mol. The van der Waals surface area contributed by atoms with Gasteiger partial charge in [-0.25, -0.2) is 0 Å². The van der Waals surface area contributed by atoms with Gasteiger partial charge in [-0.1, -0.05) is 39.3 Å². The van der Waals surface area contributed by atoms with Crippen molar-refractivity contribution in [3.63, 3.8) is 0 Å². The summed E-state index contributed by atoms with van der Waals surface area (Å²) in [6.45, 7) is 8.76. The summed E-state index contributed by atoms with van der Waals surface area (Å²) in [7, 11) is 3.32. The maximum atomic E-state index is 5.83. The number of hydrogen-bond acceptors (Lipinski definition) is 2. The number of nitrogens with zero attached hydrogens (tertiary/aromatic N) is 1. The number of rotatable bonds is 5. The Morgan fingerprint density at radius 3 is 2.22 bits per heavy atom. The third-order valence-electron chi connectivity index (χ3n) is 1.94. The fraction of sp³-hybridized carbons (Fsp3) is 0.643. The van der Waals surface area contributed by atoms with Crippen molar-refractivity contribution in [2.24, 2.45) is 0 Å². The molecule has 0 aliphatic heterocycles. The van der Waals surface area contributed by atoms with Crippen LogP contribution in [0.15, 0.2) is 18.3 Å². The van der Waals surface area contributed by atoms with E-state index in [1.165, 1.54) is 0 Å². The summed E-state index contributed by atoms with van der Waals surface area (Å²) in [5.74, 6) is 0. The predicted octanol–water partition coefficient (Wildman–Crippen LogP) is 3.32. The SMILES string of the molecule is CC.CC.COCCCc1ccc(Cl)c[n+]1OC. The van der Waals surface area contributed by atoms with Gasteiger partial charge in [-0.2, -0.15) is 0 Å². The average Bonchev–Trinajstić information content (AvgIpc) is 2.45. The second-order valence-corrected chi connectivity index (χ2v) is 3.38. The standard InChI is InChI=1S/C10H15ClNO2.2C2H6/c1-13-7-3-4-10-6-5-9(11)8-12(10)14-2;2*1-2/h5-6,8H,3-4,7H2,1-2H3;2*1-2H3/q+1;;. The van der Waals surface area contributed by atoms with Gasteiger partial charge in [-0.05, 0) is 12.5 Å². The molecule has 0 bridgehead atoms. The lowest BCUT2D eigenvalue weighted by atomic mass is 10.2. The highest BCUT2D eigenvalue weighted by Crippen LogP contribution is 2.05. The van der Waals surface area contributed by atoms with Gasteiger partial charge in [0.25, 0.3) is 0 Å². The first-order valence-corrected chi connectivity index (χ1v) is 6.89. The fourth-order valence-corrected chi connectivity index (χ4v) is 1.40. The molecule has 0 saturated carbocycles. The lowest BCUT2D eigenvalue weighted by molar-refractivity contribution is -0.890. The van der Waals surface area contributed by atoms with Crippen LogP contribution >= 0.6 is 11.6 Å². The van der Waals surface area contributed by atoms with Crippen LogP contribution in [0.4, 0.5) is 0 Å². The summed E-state index contributed by atoms with van der Waals surface area (Å²) >= 11 is 5.83. The maximum Gasteiger partial charge on any atom is 0.241 e. The zero-order valence-corrected chi connectivity index (χ0v) is 13.3. The first-order valence-electron chi connectivity index (χ1n) is 6.51. The quantitative estimate of drug-likeness (QED) is 0.608. The molecule has 1 rings (SSSR count). The van der Waals surface area contributed by atoms with E-state index in [4.69, 9.17) is 21.2 Å². The van der Waals surface area contributed by atoms with E-state index in [-0.39, 0.29) is 0 Å². The highest BCUT2D eigenvalue weighted by molar-refractivity contribution is 6.30. The summed E-state index contributed by atoms with van der Waals surface area (Å²) in [4.78, 5) is 5.15. The molecule has 0 aromatic carbocycles. The van der Waals surface area contributed by atoms with E-state index in [1.807, 2.05) is 39.8 Å². The van der Waals surface area contributed by atoms with Crippen molar-refractivity contribution in [1.29, 1.82) is 0 Å². The van der Waals surface area contributed by atoms with Gasteiger partial charge in [0.15, 0.2) is 0 Å². The molecule has 0 fully saturated rings. The molecule has 0 aliphatic carbocycles. The zero-order valence-electron chi connectivity index (χ0n) is 12.5. The van der Waals surface area contributed by atoms with Gasteiger partial charge in [0.1, 0.15) is 12.1 Å². The van der Waals surface area contributed by atoms with E-state index in [0.29, 0.717) is 5.02 Å². The van der Waals surface area contributed by atoms with Gasteiger partial charge in [-0.3, -0.25) is 4.84 Å². The van der Waals surface area contributed by atoms with E-state index in [9.17, 15) is 0 Å². The molecule has 0 N–H and O–H groups in total. The molecular formula is C14H27ClNO2+. The second kappa shape index (κ2) is 14.3. The molecule has 1 heterocycles. The van der Waals surface area contributed by atoms with Gasteiger partial charge in [0.05, 0.1) is 0 Å². The first-order chi connectivity index (χ1) is 8.77. The largest absolute Gasteiger partial charge is 0.385 e. The minimum Gasteiger partial charge on any atom is -0.385 e. The van der Waals surface area contributed by atoms with E-state index in [2.05, 4.69) is 0 Å². The summed E-state index contributed by atoms with van der Waals surface area (Å²) in [6, 6.07) is 3.82.